The molecule has 0 saturated heterocycles. The summed E-state index contributed by atoms with van der Waals surface area (Å²) in [4.78, 5) is 24.5. The molecule has 7 rings (SSSR count). The predicted octanol–water partition coefficient (Wildman–Crippen LogP) is 6.75. The Hall–Kier alpha value is -4.00. The average Bonchev–Trinajstić information content (AvgIpc) is 3.01. The molecular formula is C34H34N6. The molecule has 6 nitrogen and oxygen atoms in total. The number of hydrogen-bond donors (Lipinski definition) is 0. The Morgan fingerprint density at radius 2 is 0.950 bits per heavy atom. The minimum atomic E-state index is 0.463. The summed E-state index contributed by atoms with van der Waals surface area (Å²) in [5.41, 5.74) is 6.12. The molecule has 6 aromatic rings. The molecule has 200 valence electrons. The molecule has 0 spiro atoms. The smallest absolute Gasteiger partial charge is 0.0968 e. The summed E-state index contributed by atoms with van der Waals surface area (Å²) in [5, 5.41) is 4.54. The van der Waals surface area contributed by atoms with E-state index in [1.165, 1.54) is 25.7 Å². The van der Waals surface area contributed by atoms with Crippen LogP contribution in [-0.2, 0) is 13.1 Å². The zero-order valence-corrected chi connectivity index (χ0v) is 23.2. The van der Waals surface area contributed by atoms with Gasteiger partial charge in [0.05, 0.1) is 33.5 Å². The van der Waals surface area contributed by atoms with Crippen LogP contribution >= 0.6 is 0 Å². The molecule has 2 atom stereocenters. The van der Waals surface area contributed by atoms with Crippen LogP contribution < -0.4 is 0 Å². The number of benzene rings is 2. The van der Waals surface area contributed by atoms with Crippen LogP contribution in [0.2, 0.25) is 0 Å². The lowest BCUT2D eigenvalue weighted by atomic mass is 9.88. The van der Waals surface area contributed by atoms with E-state index >= 15 is 0 Å². The number of rotatable bonds is 6. The predicted molar refractivity (Wildman–Crippen MR) is 163 cm³/mol. The van der Waals surface area contributed by atoms with E-state index in [1.807, 2.05) is 24.5 Å². The molecule has 1 fully saturated rings. The number of pyridine rings is 4. The summed E-state index contributed by atoms with van der Waals surface area (Å²) in [7, 11) is 4.52. The average molecular weight is 527 g/mol. The zero-order valence-electron chi connectivity index (χ0n) is 23.2. The summed E-state index contributed by atoms with van der Waals surface area (Å²) in [6.45, 7) is 1.64. The first-order chi connectivity index (χ1) is 19.6. The van der Waals surface area contributed by atoms with E-state index in [4.69, 9.17) is 9.97 Å². The van der Waals surface area contributed by atoms with Crippen molar-refractivity contribution in [3.05, 3.63) is 96.6 Å². The fraction of sp³-hybridized carbons (Fsp3) is 0.294. The second-order valence-electron chi connectivity index (χ2n) is 11.3. The molecule has 6 heteroatoms. The molecule has 40 heavy (non-hydrogen) atoms. The molecule has 4 aromatic heterocycles. The zero-order chi connectivity index (χ0) is 27.1. The van der Waals surface area contributed by atoms with Gasteiger partial charge < -0.3 is 0 Å². The Labute approximate surface area is 234 Å². The summed E-state index contributed by atoms with van der Waals surface area (Å²) in [6.07, 6.45) is 8.64. The topological polar surface area (TPSA) is 58.0 Å². The van der Waals surface area contributed by atoms with E-state index < -0.39 is 0 Å². The molecule has 1 aliphatic carbocycles. The van der Waals surface area contributed by atoms with Gasteiger partial charge in [0.25, 0.3) is 0 Å². The summed E-state index contributed by atoms with van der Waals surface area (Å²) < 4.78 is 0. The van der Waals surface area contributed by atoms with E-state index in [0.717, 1.165) is 68.1 Å². The first kappa shape index (κ1) is 25.0. The number of aromatic nitrogens is 4. The standard InChI is InChI=1S/C34H34N6/c1-39(21-27-17-15-25-13-11-23-7-5-19-35-31(23)33(25)37-27)29-9-3-4-10-30(29)40(2)22-28-18-16-26-14-12-24-8-6-20-36-32(24)34(26)38-28/h5-8,11-20,29-30H,3-4,9-10,21-22H2,1-2H3/t29-,30-/m0/s1. The van der Waals surface area contributed by atoms with Gasteiger partial charge in [-0.1, -0.05) is 61.4 Å². The van der Waals surface area contributed by atoms with Crippen molar-refractivity contribution in [1.82, 2.24) is 29.7 Å². The van der Waals surface area contributed by atoms with Gasteiger partial charge in [0, 0.05) is 59.1 Å². The van der Waals surface area contributed by atoms with Crippen LogP contribution in [0.5, 0.6) is 0 Å². The van der Waals surface area contributed by atoms with Gasteiger partial charge in [0.15, 0.2) is 0 Å². The highest BCUT2D eigenvalue weighted by atomic mass is 15.2. The van der Waals surface area contributed by atoms with Gasteiger partial charge in [-0.05, 0) is 51.2 Å². The van der Waals surface area contributed by atoms with E-state index in [-0.39, 0.29) is 0 Å². The summed E-state index contributed by atoms with van der Waals surface area (Å²) >= 11 is 0. The third kappa shape index (κ3) is 4.67. The molecule has 0 bridgehead atoms. The maximum Gasteiger partial charge on any atom is 0.0968 e. The van der Waals surface area contributed by atoms with E-state index in [9.17, 15) is 0 Å². The molecule has 0 aliphatic heterocycles. The Balaban J connectivity index is 1.12. The second-order valence-corrected chi connectivity index (χ2v) is 11.3. The van der Waals surface area contributed by atoms with Crippen molar-refractivity contribution >= 4 is 43.6 Å². The highest BCUT2D eigenvalue weighted by Gasteiger charge is 2.31. The SMILES string of the molecule is CN(Cc1ccc2ccc3cccnc3c2n1)[C@H]1CCCC[C@@H]1N(C)Cc1ccc2ccc3cccnc3c2n1. The Bertz CT molecular complexity index is 1700. The van der Waals surface area contributed by atoms with Crippen LogP contribution in [0.1, 0.15) is 37.1 Å². The van der Waals surface area contributed by atoms with Crippen LogP contribution in [0.3, 0.4) is 0 Å². The van der Waals surface area contributed by atoms with Gasteiger partial charge in [0.2, 0.25) is 0 Å². The van der Waals surface area contributed by atoms with Gasteiger partial charge in [-0.25, -0.2) is 9.97 Å². The van der Waals surface area contributed by atoms with Crippen molar-refractivity contribution in [3.63, 3.8) is 0 Å². The van der Waals surface area contributed by atoms with Gasteiger partial charge in [-0.3, -0.25) is 19.8 Å². The van der Waals surface area contributed by atoms with Crippen LogP contribution in [0.15, 0.2) is 85.2 Å². The second kappa shape index (κ2) is 10.5. The molecule has 0 amide bonds. The van der Waals surface area contributed by atoms with Crippen LogP contribution in [0.25, 0.3) is 43.6 Å². The fourth-order valence-electron chi connectivity index (χ4n) is 6.57. The first-order valence-electron chi connectivity index (χ1n) is 14.3. The first-order valence-corrected chi connectivity index (χ1v) is 14.3. The molecule has 4 heterocycles. The largest absolute Gasteiger partial charge is 0.296 e. The lowest BCUT2D eigenvalue weighted by Gasteiger charge is -2.42. The van der Waals surface area contributed by atoms with Crippen molar-refractivity contribution in [3.8, 4) is 0 Å². The third-order valence-electron chi connectivity index (χ3n) is 8.63. The van der Waals surface area contributed by atoms with E-state index in [2.05, 4.69) is 94.5 Å². The quantitative estimate of drug-likeness (QED) is 0.224. The lowest BCUT2D eigenvalue weighted by molar-refractivity contribution is 0.0681. The van der Waals surface area contributed by atoms with Gasteiger partial charge >= 0.3 is 0 Å². The third-order valence-corrected chi connectivity index (χ3v) is 8.63. The van der Waals surface area contributed by atoms with Gasteiger partial charge in [-0.2, -0.15) is 0 Å². The minimum absolute atomic E-state index is 0.463. The van der Waals surface area contributed by atoms with E-state index in [0.29, 0.717) is 12.1 Å². The van der Waals surface area contributed by atoms with Crippen LogP contribution in [0, 0.1) is 0 Å². The molecule has 0 radical (unpaired) electrons. The molecule has 2 aromatic carbocycles. The molecule has 0 unspecified atom stereocenters. The number of nitrogens with zero attached hydrogens (tertiary/aromatic N) is 6. The Kier molecular flexibility index (Phi) is 6.58. The van der Waals surface area contributed by atoms with Crippen molar-refractivity contribution in [2.45, 2.75) is 50.9 Å². The lowest BCUT2D eigenvalue weighted by Crippen LogP contribution is -2.50. The van der Waals surface area contributed by atoms with E-state index in [1.54, 1.807) is 0 Å². The number of hydrogen-bond acceptors (Lipinski definition) is 6. The molecular weight excluding hydrogens is 492 g/mol. The maximum absolute atomic E-state index is 5.10. The van der Waals surface area contributed by atoms with Crippen molar-refractivity contribution in [2.75, 3.05) is 14.1 Å². The molecule has 0 N–H and O–H groups in total. The number of likely N-dealkylation sites (N-methyl/N-ethyl adjacent to an activating group) is 2. The normalized spacial score (nSPS) is 18.0. The van der Waals surface area contributed by atoms with Gasteiger partial charge in [0.1, 0.15) is 0 Å². The summed E-state index contributed by atoms with van der Waals surface area (Å²) in [6, 6.07) is 26.4. The van der Waals surface area contributed by atoms with Crippen molar-refractivity contribution in [2.24, 2.45) is 0 Å². The van der Waals surface area contributed by atoms with Crippen molar-refractivity contribution < 1.29 is 0 Å². The highest BCUT2D eigenvalue weighted by Crippen LogP contribution is 2.29. The number of fused-ring (bicyclic) bond motifs is 6. The van der Waals surface area contributed by atoms with Crippen LogP contribution in [-0.4, -0.2) is 55.9 Å². The van der Waals surface area contributed by atoms with Crippen molar-refractivity contribution in [1.29, 1.82) is 0 Å². The minimum Gasteiger partial charge on any atom is -0.296 e. The molecule has 1 saturated carbocycles. The highest BCUT2D eigenvalue weighted by molar-refractivity contribution is 6.03. The Morgan fingerprint density at radius 3 is 1.40 bits per heavy atom. The maximum atomic E-state index is 5.10. The Morgan fingerprint density at radius 1 is 0.550 bits per heavy atom. The van der Waals surface area contributed by atoms with Gasteiger partial charge in [-0.15, -0.1) is 0 Å². The van der Waals surface area contributed by atoms with Crippen LogP contribution in [0.4, 0.5) is 0 Å². The summed E-state index contributed by atoms with van der Waals surface area (Å²) in [5.74, 6) is 0. The fourth-order valence-corrected chi connectivity index (χ4v) is 6.57. The molecule has 1 aliphatic rings. The monoisotopic (exact) mass is 526 g/mol.